The van der Waals surface area contributed by atoms with Gasteiger partial charge in [-0.25, -0.2) is 18.4 Å². The largest absolute Gasteiger partial charge is 0.315 e. The maximum atomic E-state index is 12.6. The van der Waals surface area contributed by atoms with E-state index >= 15 is 0 Å². The fourth-order valence-electron chi connectivity index (χ4n) is 2.39. The van der Waals surface area contributed by atoms with E-state index in [1.165, 1.54) is 0 Å². The quantitative estimate of drug-likeness (QED) is 0.916. The summed E-state index contributed by atoms with van der Waals surface area (Å²) >= 11 is 6.03. The van der Waals surface area contributed by atoms with Crippen LogP contribution in [-0.2, 0) is 9.84 Å². The van der Waals surface area contributed by atoms with Crippen LogP contribution in [0.1, 0.15) is 12.8 Å². The van der Waals surface area contributed by atoms with Gasteiger partial charge in [0.1, 0.15) is 0 Å². The van der Waals surface area contributed by atoms with Gasteiger partial charge in [0.2, 0.25) is 9.84 Å². The highest BCUT2D eigenvalue weighted by atomic mass is 35.5. The molecule has 3 rings (SSSR count). The highest BCUT2D eigenvalue weighted by molar-refractivity contribution is 7.92. The lowest BCUT2D eigenvalue weighted by atomic mass is 10.2. The highest BCUT2D eigenvalue weighted by Crippen LogP contribution is 2.26. The Morgan fingerprint density at radius 1 is 1.20 bits per heavy atom. The number of hydrogen-bond acceptors (Lipinski definition) is 5. The molecule has 0 radical (unpaired) electrons. The summed E-state index contributed by atoms with van der Waals surface area (Å²) in [6.45, 7) is 1.29. The number of sulfone groups is 1. The average Bonchev–Trinajstić information content (AvgIpc) is 2.47. The highest BCUT2D eigenvalue weighted by Gasteiger charge is 2.32. The summed E-state index contributed by atoms with van der Waals surface area (Å²) in [5, 5.41) is 2.46. The molecule has 0 unspecified atom stereocenters. The smallest absolute Gasteiger partial charge is 0.202 e. The van der Waals surface area contributed by atoms with Gasteiger partial charge in [-0.05, 0) is 31.5 Å². The van der Waals surface area contributed by atoms with E-state index in [4.69, 9.17) is 11.6 Å². The van der Waals surface area contributed by atoms with E-state index in [0.717, 1.165) is 13.0 Å². The lowest BCUT2D eigenvalue weighted by molar-refractivity contribution is 0.495. The molecular formula is C13H14ClN3O2S. The fourth-order valence-corrected chi connectivity index (χ4v) is 4.48. The molecule has 1 aliphatic heterocycles. The predicted octanol–water partition coefficient (Wildman–Crippen LogP) is 1.81. The molecule has 0 amide bonds. The van der Waals surface area contributed by atoms with Crippen LogP contribution >= 0.6 is 11.6 Å². The molecule has 106 valence electrons. The van der Waals surface area contributed by atoms with Crippen molar-refractivity contribution in [2.45, 2.75) is 23.1 Å². The maximum Gasteiger partial charge on any atom is 0.202 e. The van der Waals surface area contributed by atoms with Gasteiger partial charge in [-0.2, -0.15) is 0 Å². The van der Waals surface area contributed by atoms with Crippen molar-refractivity contribution in [1.82, 2.24) is 15.3 Å². The monoisotopic (exact) mass is 311 g/mol. The molecular weight excluding hydrogens is 298 g/mol. The number of nitrogens with one attached hydrogen (secondary N) is 1. The molecule has 0 spiro atoms. The normalized spacial score (nSPS) is 20.1. The van der Waals surface area contributed by atoms with E-state index < -0.39 is 15.1 Å². The Labute approximate surface area is 122 Å². The van der Waals surface area contributed by atoms with Crippen LogP contribution in [0, 0.1) is 0 Å². The van der Waals surface area contributed by atoms with Crippen LogP contribution in [0.25, 0.3) is 11.0 Å². The van der Waals surface area contributed by atoms with E-state index in [9.17, 15) is 8.42 Å². The summed E-state index contributed by atoms with van der Waals surface area (Å²) in [6, 6.07) is 7.10. The zero-order valence-electron chi connectivity index (χ0n) is 10.7. The first-order valence-electron chi connectivity index (χ1n) is 6.46. The van der Waals surface area contributed by atoms with E-state index in [2.05, 4.69) is 15.3 Å². The molecule has 1 atom stereocenters. The van der Waals surface area contributed by atoms with Crippen molar-refractivity contribution in [1.29, 1.82) is 0 Å². The van der Waals surface area contributed by atoms with Crippen LogP contribution < -0.4 is 5.32 Å². The summed E-state index contributed by atoms with van der Waals surface area (Å²) in [7, 11) is -3.55. The maximum absolute atomic E-state index is 12.6. The molecule has 5 nitrogen and oxygen atoms in total. The number of para-hydroxylation sites is 2. The molecule has 0 bridgehead atoms. The molecule has 20 heavy (non-hydrogen) atoms. The minimum Gasteiger partial charge on any atom is -0.315 e. The van der Waals surface area contributed by atoms with Crippen LogP contribution in [0.4, 0.5) is 0 Å². The Balaban J connectivity index is 2.10. The van der Waals surface area contributed by atoms with Crippen molar-refractivity contribution in [3.63, 3.8) is 0 Å². The fraction of sp³-hybridized carbons (Fsp3) is 0.385. The van der Waals surface area contributed by atoms with Gasteiger partial charge < -0.3 is 5.32 Å². The number of aromatic nitrogens is 2. The van der Waals surface area contributed by atoms with Gasteiger partial charge in [0, 0.05) is 6.54 Å². The Morgan fingerprint density at radius 2 is 1.90 bits per heavy atom. The number of halogens is 1. The van der Waals surface area contributed by atoms with Crippen molar-refractivity contribution in [3.8, 4) is 0 Å². The van der Waals surface area contributed by atoms with Crippen LogP contribution in [0.5, 0.6) is 0 Å². The van der Waals surface area contributed by atoms with E-state index in [1.807, 2.05) is 6.07 Å². The number of rotatable bonds is 2. The van der Waals surface area contributed by atoms with E-state index in [-0.39, 0.29) is 10.2 Å². The van der Waals surface area contributed by atoms with Crippen molar-refractivity contribution in [3.05, 3.63) is 29.4 Å². The minimum absolute atomic E-state index is 0.0470. The second-order valence-corrected chi connectivity index (χ2v) is 7.32. The lowest BCUT2D eigenvalue weighted by Gasteiger charge is -2.22. The van der Waals surface area contributed by atoms with Gasteiger partial charge >= 0.3 is 0 Å². The molecule has 1 saturated heterocycles. The molecule has 2 aromatic rings. The zero-order valence-corrected chi connectivity index (χ0v) is 12.3. The number of piperidine rings is 1. The summed E-state index contributed by atoms with van der Waals surface area (Å²) < 4.78 is 25.2. The third kappa shape index (κ3) is 2.39. The van der Waals surface area contributed by atoms with Crippen molar-refractivity contribution < 1.29 is 8.42 Å². The molecule has 1 aliphatic rings. The Morgan fingerprint density at radius 3 is 2.55 bits per heavy atom. The third-order valence-corrected chi connectivity index (χ3v) is 5.94. The Bertz CT molecular complexity index is 742. The summed E-state index contributed by atoms with van der Waals surface area (Å²) in [5.41, 5.74) is 1.14. The van der Waals surface area contributed by atoms with Crippen LogP contribution in [0.3, 0.4) is 0 Å². The average molecular weight is 312 g/mol. The first kappa shape index (κ1) is 13.7. The molecule has 1 aromatic carbocycles. The third-order valence-electron chi connectivity index (χ3n) is 3.46. The van der Waals surface area contributed by atoms with Gasteiger partial charge in [-0.1, -0.05) is 23.7 Å². The minimum atomic E-state index is -3.55. The zero-order chi connectivity index (χ0) is 14.2. The summed E-state index contributed by atoms with van der Waals surface area (Å²) in [5.74, 6) is 0. The molecule has 2 heterocycles. The standard InChI is InChI=1S/C13H14ClN3O2S/c14-12-13(17-11-6-2-1-5-10(11)16-12)20(18,19)9-4-3-7-15-8-9/h1-2,5-6,9,15H,3-4,7-8H2/t9-/m1/s1. The Hall–Kier alpha value is -1.24. The number of benzene rings is 1. The molecule has 1 fully saturated rings. The summed E-state index contributed by atoms with van der Waals surface area (Å²) in [4.78, 5) is 8.35. The molecule has 0 aliphatic carbocycles. The molecule has 1 aromatic heterocycles. The topological polar surface area (TPSA) is 72.0 Å². The number of nitrogens with zero attached hydrogens (tertiary/aromatic N) is 2. The SMILES string of the molecule is O=S(=O)(c1nc2ccccc2nc1Cl)[C@@H]1CCCNC1. The predicted molar refractivity (Wildman–Crippen MR) is 77.6 cm³/mol. The van der Waals surface area contributed by atoms with Crippen LogP contribution in [0.15, 0.2) is 29.3 Å². The molecule has 1 N–H and O–H groups in total. The number of fused-ring (bicyclic) bond motifs is 1. The van der Waals surface area contributed by atoms with Gasteiger partial charge in [-0.3, -0.25) is 0 Å². The molecule has 7 heteroatoms. The second kappa shape index (κ2) is 5.27. The first-order chi connectivity index (χ1) is 9.59. The number of hydrogen-bond donors (Lipinski definition) is 1. The molecule has 0 saturated carbocycles. The second-order valence-electron chi connectivity index (χ2n) is 4.82. The van der Waals surface area contributed by atoms with E-state index in [1.54, 1.807) is 18.2 Å². The van der Waals surface area contributed by atoms with Gasteiger partial charge in [0.05, 0.1) is 16.3 Å². The van der Waals surface area contributed by atoms with Crippen LogP contribution in [0.2, 0.25) is 5.15 Å². The first-order valence-corrected chi connectivity index (χ1v) is 8.38. The van der Waals surface area contributed by atoms with E-state index in [0.29, 0.717) is 24.0 Å². The van der Waals surface area contributed by atoms with Crippen molar-refractivity contribution >= 4 is 32.5 Å². The summed E-state index contributed by atoms with van der Waals surface area (Å²) in [6.07, 6.45) is 1.46. The van der Waals surface area contributed by atoms with Crippen molar-refractivity contribution in [2.75, 3.05) is 13.1 Å². The van der Waals surface area contributed by atoms with Gasteiger partial charge in [0.15, 0.2) is 10.2 Å². The Kier molecular flexibility index (Phi) is 3.62. The van der Waals surface area contributed by atoms with Crippen LogP contribution in [-0.4, -0.2) is 36.7 Å². The van der Waals surface area contributed by atoms with Crippen molar-refractivity contribution in [2.24, 2.45) is 0 Å². The van der Waals surface area contributed by atoms with Gasteiger partial charge in [0.25, 0.3) is 0 Å². The lowest BCUT2D eigenvalue weighted by Crippen LogP contribution is -2.39. The van der Waals surface area contributed by atoms with Gasteiger partial charge in [-0.15, -0.1) is 0 Å².